The van der Waals surface area contributed by atoms with Gasteiger partial charge in [-0.3, -0.25) is 0 Å². The molecule has 0 aromatic heterocycles. The zero-order valence-electron chi connectivity index (χ0n) is 17.9. The Hall–Kier alpha value is -3.18. The number of esters is 2. The van der Waals surface area contributed by atoms with E-state index in [1.165, 1.54) is 0 Å². The molecule has 0 fully saturated rings. The molecular weight excluding hydrogens is 380 g/mol. The molecule has 5 nitrogen and oxygen atoms in total. The standard InChI is InChI=1S/C25H28O5/c1-7-25(6,28)22(30-24(27)17(4)5)20-10-8-18(9-11-20)19-12-14-21(15-13-19)29-23(26)16(2)3/h8-15,22,28H,2,4,7H2,1,3,5-6H3. The number of carbonyl (C=O) groups excluding carboxylic acids is 2. The number of ether oxygens (including phenoxy) is 2. The molecule has 158 valence electrons. The van der Waals surface area contributed by atoms with Crippen LogP contribution in [0.1, 0.15) is 45.8 Å². The van der Waals surface area contributed by atoms with Crippen LogP contribution in [0.2, 0.25) is 0 Å². The summed E-state index contributed by atoms with van der Waals surface area (Å²) in [5.74, 6) is -0.572. The van der Waals surface area contributed by atoms with E-state index in [-0.39, 0.29) is 5.57 Å². The highest BCUT2D eigenvalue weighted by atomic mass is 16.6. The summed E-state index contributed by atoms with van der Waals surface area (Å²) in [4.78, 5) is 23.7. The molecule has 2 rings (SSSR count). The van der Waals surface area contributed by atoms with Gasteiger partial charge in [-0.25, -0.2) is 9.59 Å². The monoisotopic (exact) mass is 408 g/mol. The lowest BCUT2D eigenvalue weighted by atomic mass is 9.89. The van der Waals surface area contributed by atoms with Crippen molar-refractivity contribution >= 4 is 11.9 Å². The van der Waals surface area contributed by atoms with Crippen LogP contribution >= 0.6 is 0 Å². The van der Waals surface area contributed by atoms with Crippen molar-refractivity contribution in [2.45, 2.75) is 45.8 Å². The van der Waals surface area contributed by atoms with Gasteiger partial charge < -0.3 is 14.6 Å². The van der Waals surface area contributed by atoms with Crippen LogP contribution in [-0.2, 0) is 14.3 Å². The van der Waals surface area contributed by atoms with E-state index in [4.69, 9.17) is 9.47 Å². The lowest BCUT2D eigenvalue weighted by Crippen LogP contribution is -2.35. The zero-order chi connectivity index (χ0) is 22.5. The van der Waals surface area contributed by atoms with Gasteiger partial charge in [0.2, 0.25) is 0 Å². The summed E-state index contributed by atoms with van der Waals surface area (Å²) in [7, 11) is 0. The minimum Gasteiger partial charge on any atom is -0.451 e. The maximum atomic E-state index is 12.1. The van der Waals surface area contributed by atoms with Crippen molar-refractivity contribution in [3.05, 3.63) is 78.4 Å². The van der Waals surface area contributed by atoms with E-state index in [0.29, 0.717) is 23.3 Å². The predicted octanol–water partition coefficient (Wildman–Crippen LogP) is 5.16. The van der Waals surface area contributed by atoms with Gasteiger partial charge in [0.1, 0.15) is 11.4 Å². The van der Waals surface area contributed by atoms with E-state index >= 15 is 0 Å². The number of hydrogen-bond acceptors (Lipinski definition) is 5. The Morgan fingerprint density at radius 2 is 1.40 bits per heavy atom. The molecule has 0 spiro atoms. The van der Waals surface area contributed by atoms with Crippen molar-refractivity contribution in [3.8, 4) is 16.9 Å². The SMILES string of the molecule is C=C(C)C(=O)Oc1ccc(-c2ccc(C(OC(=O)C(=C)C)C(C)(O)CC)cc2)cc1. The van der Waals surface area contributed by atoms with Gasteiger partial charge in [0, 0.05) is 11.1 Å². The third-order valence-electron chi connectivity index (χ3n) is 4.81. The molecule has 0 aliphatic carbocycles. The van der Waals surface area contributed by atoms with Gasteiger partial charge in [0.05, 0.1) is 0 Å². The summed E-state index contributed by atoms with van der Waals surface area (Å²) in [5.41, 5.74) is 1.93. The fourth-order valence-electron chi connectivity index (χ4n) is 2.71. The Balaban J connectivity index is 2.24. The van der Waals surface area contributed by atoms with Crippen molar-refractivity contribution in [3.63, 3.8) is 0 Å². The van der Waals surface area contributed by atoms with Crippen molar-refractivity contribution < 1.29 is 24.2 Å². The summed E-state index contributed by atoms with van der Waals surface area (Å²) < 4.78 is 10.7. The van der Waals surface area contributed by atoms with Gasteiger partial charge in [-0.05, 0) is 56.0 Å². The fourth-order valence-corrected chi connectivity index (χ4v) is 2.71. The van der Waals surface area contributed by atoms with Gasteiger partial charge >= 0.3 is 11.9 Å². The molecule has 2 aromatic carbocycles. The maximum Gasteiger partial charge on any atom is 0.338 e. The Morgan fingerprint density at radius 1 is 0.933 bits per heavy atom. The third-order valence-corrected chi connectivity index (χ3v) is 4.81. The van der Waals surface area contributed by atoms with Crippen LogP contribution in [0.25, 0.3) is 11.1 Å². The molecule has 0 aliphatic heterocycles. The van der Waals surface area contributed by atoms with Crippen LogP contribution in [-0.4, -0.2) is 22.6 Å². The summed E-state index contributed by atoms with van der Waals surface area (Å²) in [6, 6.07) is 14.5. The van der Waals surface area contributed by atoms with E-state index < -0.39 is 23.6 Å². The first-order valence-corrected chi connectivity index (χ1v) is 9.72. The Morgan fingerprint density at radius 3 is 1.83 bits per heavy atom. The van der Waals surface area contributed by atoms with E-state index in [1.54, 1.807) is 32.9 Å². The minimum atomic E-state index is -1.22. The second-order valence-electron chi connectivity index (χ2n) is 7.59. The first-order chi connectivity index (χ1) is 14.0. The Labute approximate surface area is 177 Å². The van der Waals surface area contributed by atoms with Crippen LogP contribution in [0.4, 0.5) is 0 Å². The minimum absolute atomic E-state index is 0.274. The average Bonchev–Trinajstić information content (AvgIpc) is 2.72. The van der Waals surface area contributed by atoms with E-state index in [9.17, 15) is 14.7 Å². The van der Waals surface area contributed by atoms with Crippen LogP contribution in [0, 0.1) is 0 Å². The van der Waals surface area contributed by atoms with Gasteiger partial charge in [-0.1, -0.05) is 56.5 Å². The van der Waals surface area contributed by atoms with Gasteiger partial charge in [0.25, 0.3) is 0 Å². The molecule has 0 amide bonds. The number of benzene rings is 2. The topological polar surface area (TPSA) is 72.8 Å². The molecule has 0 radical (unpaired) electrons. The molecule has 2 atom stereocenters. The molecule has 5 heteroatoms. The smallest absolute Gasteiger partial charge is 0.338 e. The average molecular weight is 408 g/mol. The molecule has 2 aromatic rings. The molecule has 0 saturated carbocycles. The quantitative estimate of drug-likeness (QED) is 0.371. The predicted molar refractivity (Wildman–Crippen MR) is 117 cm³/mol. The van der Waals surface area contributed by atoms with E-state index in [0.717, 1.165) is 11.1 Å². The molecule has 30 heavy (non-hydrogen) atoms. The highest BCUT2D eigenvalue weighted by Gasteiger charge is 2.35. The maximum absolute atomic E-state index is 12.1. The summed E-state index contributed by atoms with van der Waals surface area (Å²) in [6.07, 6.45) is -0.405. The lowest BCUT2D eigenvalue weighted by Gasteiger charge is -2.32. The van der Waals surface area contributed by atoms with Crippen LogP contribution in [0.15, 0.2) is 72.8 Å². The van der Waals surface area contributed by atoms with Gasteiger partial charge in [-0.2, -0.15) is 0 Å². The number of hydrogen-bond donors (Lipinski definition) is 1. The fraction of sp³-hybridized carbons (Fsp3) is 0.280. The summed E-state index contributed by atoms with van der Waals surface area (Å²) in [5, 5.41) is 10.7. The van der Waals surface area contributed by atoms with Crippen molar-refractivity contribution in [1.82, 2.24) is 0 Å². The van der Waals surface area contributed by atoms with Crippen LogP contribution < -0.4 is 4.74 Å². The molecular formula is C25H28O5. The van der Waals surface area contributed by atoms with Crippen molar-refractivity contribution in [1.29, 1.82) is 0 Å². The molecule has 0 heterocycles. The van der Waals surface area contributed by atoms with Crippen molar-refractivity contribution in [2.24, 2.45) is 0 Å². The van der Waals surface area contributed by atoms with Gasteiger partial charge in [0.15, 0.2) is 6.10 Å². The largest absolute Gasteiger partial charge is 0.451 e. The van der Waals surface area contributed by atoms with Crippen LogP contribution in [0.3, 0.4) is 0 Å². The Bertz CT molecular complexity index is 937. The molecule has 1 N–H and O–H groups in total. The van der Waals surface area contributed by atoms with Crippen molar-refractivity contribution in [2.75, 3.05) is 0 Å². The highest BCUT2D eigenvalue weighted by molar-refractivity contribution is 5.89. The normalized spacial score (nSPS) is 13.6. The zero-order valence-corrected chi connectivity index (χ0v) is 17.9. The Kier molecular flexibility index (Phi) is 7.35. The second-order valence-corrected chi connectivity index (χ2v) is 7.59. The molecule has 0 bridgehead atoms. The second kappa shape index (κ2) is 9.55. The lowest BCUT2D eigenvalue weighted by molar-refractivity contribution is -0.160. The summed E-state index contributed by atoms with van der Waals surface area (Å²) >= 11 is 0. The number of carbonyl (C=O) groups is 2. The first-order valence-electron chi connectivity index (χ1n) is 9.72. The highest BCUT2D eigenvalue weighted by Crippen LogP contribution is 2.34. The third kappa shape index (κ3) is 5.67. The van der Waals surface area contributed by atoms with Crippen LogP contribution in [0.5, 0.6) is 5.75 Å². The van der Waals surface area contributed by atoms with Gasteiger partial charge in [-0.15, -0.1) is 0 Å². The van der Waals surface area contributed by atoms with E-state index in [2.05, 4.69) is 13.2 Å². The molecule has 0 saturated heterocycles. The number of rotatable bonds is 8. The summed E-state index contributed by atoms with van der Waals surface area (Å²) in [6.45, 7) is 13.8. The molecule has 0 aliphatic rings. The molecule has 2 unspecified atom stereocenters. The van der Waals surface area contributed by atoms with E-state index in [1.807, 2.05) is 43.3 Å². The first kappa shape index (κ1) is 23.1. The number of aliphatic hydroxyl groups is 1.